The number of amides is 1. The largest absolute Gasteiger partial charge is 0.444 e. The Balaban J connectivity index is 1.83. The monoisotopic (exact) mass is 284 g/mol. The number of ether oxygens (including phenoxy) is 2. The van der Waals surface area contributed by atoms with E-state index >= 15 is 0 Å². The molecule has 0 spiro atoms. The van der Waals surface area contributed by atoms with Gasteiger partial charge in [0.1, 0.15) is 5.60 Å². The highest BCUT2D eigenvalue weighted by Crippen LogP contribution is 2.23. The average Bonchev–Trinajstić information content (AvgIpc) is 2.86. The topological polar surface area (TPSA) is 42.0 Å². The number of likely N-dealkylation sites (tertiary alicyclic amines) is 1. The standard InChI is InChI=1S/C15H28N2O3/c1-15(2,3)20-14(18)16(4)13-5-8-17(11-13)12-6-9-19-10-7-12/h12-13H,5-11H2,1-4H3. The van der Waals surface area contributed by atoms with E-state index in [0.29, 0.717) is 6.04 Å². The number of carbonyl (C=O) groups is 1. The molecule has 0 bridgehead atoms. The van der Waals surface area contributed by atoms with Gasteiger partial charge in [-0.05, 0) is 40.0 Å². The zero-order valence-electron chi connectivity index (χ0n) is 13.2. The smallest absolute Gasteiger partial charge is 0.410 e. The van der Waals surface area contributed by atoms with Crippen LogP contribution in [0.3, 0.4) is 0 Å². The molecular weight excluding hydrogens is 256 g/mol. The highest BCUT2D eigenvalue weighted by Gasteiger charge is 2.34. The molecule has 20 heavy (non-hydrogen) atoms. The molecule has 2 rings (SSSR count). The van der Waals surface area contributed by atoms with Crippen molar-refractivity contribution in [1.29, 1.82) is 0 Å². The lowest BCUT2D eigenvalue weighted by atomic mass is 10.1. The van der Waals surface area contributed by atoms with Crippen LogP contribution in [0.5, 0.6) is 0 Å². The van der Waals surface area contributed by atoms with Crippen LogP contribution in [0.2, 0.25) is 0 Å². The van der Waals surface area contributed by atoms with Gasteiger partial charge in [-0.25, -0.2) is 4.79 Å². The summed E-state index contributed by atoms with van der Waals surface area (Å²) in [5, 5.41) is 0. The van der Waals surface area contributed by atoms with Gasteiger partial charge in [0, 0.05) is 45.4 Å². The molecule has 0 aromatic heterocycles. The van der Waals surface area contributed by atoms with Crippen LogP contribution in [0.1, 0.15) is 40.0 Å². The Morgan fingerprint density at radius 2 is 1.90 bits per heavy atom. The van der Waals surface area contributed by atoms with E-state index in [2.05, 4.69) is 4.90 Å². The average molecular weight is 284 g/mol. The maximum absolute atomic E-state index is 12.1. The van der Waals surface area contributed by atoms with Crippen molar-refractivity contribution in [2.45, 2.75) is 57.7 Å². The van der Waals surface area contributed by atoms with E-state index in [9.17, 15) is 4.79 Å². The minimum atomic E-state index is -0.426. The van der Waals surface area contributed by atoms with Crippen molar-refractivity contribution in [3.63, 3.8) is 0 Å². The van der Waals surface area contributed by atoms with Gasteiger partial charge in [-0.15, -0.1) is 0 Å². The quantitative estimate of drug-likeness (QED) is 0.779. The lowest BCUT2D eigenvalue weighted by molar-refractivity contribution is 0.0194. The summed E-state index contributed by atoms with van der Waals surface area (Å²) in [7, 11) is 1.85. The summed E-state index contributed by atoms with van der Waals surface area (Å²) in [5.74, 6) is 0. The van der Waals surface area contributed by atoms with Crippen LogP contribution >= 0.6 is 0 Å². The molecule has 0 N–H and O–H groups in total. The van der Waals surface area contributed by atoms with Gasteiger partial charge < -0.3 is 14.4 Å². The predicted octanol–water partition coefficient (Wildman–Crippen LogP) is 2.11. The van der Waals surface area contributed by atoms with E-state index in [1.54, 1.807) is 4.90 Å². The predicted molar refractivity (Wildman–Crippen MR) is 77.8 cm³/mol. The lowest BCUT2D eigenvalue weighted by Gasteiger charge is -2.32. The van der Waals surface area contributed by atoms with E-state index in [4.69, 9.17) is 9.47 Å². The molecule has 2 saturated heterocycles. The summed E-state index contributed by atoms with van der Waals surface area (Å²) in [6.45, 7) is 9.48. The van der Waals surface area contributed by atoms with E-state index < -0.39 is 5.60 Å². The van der Waals surface area contributed by atoms with Gasteiger partial charge in [0.25, 0.3) is 0 Å². The minimum Gasteiger partial charge on any atom is -0.444 e. The Labute approximate surface area is 122 Å². The summed E-state index contributed by atoms with van der Waals surface area (Å²) in [4.78, 5) is 16.4. The van der Waals surface area contributed by atoms with Crippen molar-refractivity contribution >= 4 is 6.09 Å². The Morgan fingerprint density at radius 1 is 1.25 bits per heavy atom. The van der Waals surface area contributed by atoms with Gasteiger partial charge in [0.15, 0.2) is 0 Å². The Morgan fingerprint density at radius 3 is 2.50 bits per heavy atom. The molecule has 1 amide bonds. The first kappa shape index (κ1) is 15.6. The van der Waals surface area contributed by atoms with Crippen molar-refractivity contribution in [3.05, 3.63) is 0 Å². The molecule has 116 valence electrons. The van der Waals surface area contributed by atoms with Crippen LogP contribution in [0.25, 0.3) is 0 Å². The summed E-state index contributed by atoms with van der Waals surface area (Å²) in [6.07, 6.45) is 3.05. The van der Waals surface area contributed by atoms with E-state index in [1.807, 2.05) is 27.8 Å². The third-order valence-corrected chi connectivity index (χ3v) is 4.13. The van der Waals surface area contributed by atoms with Crippen molar-refractivity contribution in [3.8, 4) is 0 Å². The first-order valence-electron chi connectivity index (χ1n) is 7.64. The molecule has 2 heterocycles. The molecule has 1 unspecified atom stereocenters. The number of nitrogens with zero attached hydrogens (tertiary/aromatic N) is 2. The van der Waals surface area contributed by atoms with Gasteiger partial charge in [-0.1, -0.05) is 0 Å². The minimum absolute atomic E-state index is 0.212. The summed E-state index contributed by atoms with van der Waals surface area (Å²) in [6, 6.07) is 0.897. The summed E-state index contributed by atoms with van der Waals surface area (Å²) in [5.41, 5.74) is -0.426. The van der Waals surface area contributed by atoms with E-state index in [0.717, 1.165) is 45.6 Å². The highest BCUT2D eigenvalue weighted by molar-refractivity contribution is 5.68. The van der Waals surface area contributed by atoms with Crippen molar-refractivity contribution in [1.82, 2.24) is 9.80 Å². The third-order valence-electron chi connectivity index (χ3n) is 4.13. The normalized spacial score (nSPS) is 25.7. The first-order chi connectivity index (χ1) is 9.37. The first-order valence-corrected chi connectivity index (χ1v) is 7.64. The van der Waals surface area contributed by atoms with Crippen molar-refractivity contribution < 1.29 is 14.3 Å². The molecule has 2 aliphatic heterocycles. The zero-order valence-corrected chi connectivity index (χ0v) is 13.2. The van der Waals surface area contributed by atoms with Crippen LogP contribution < -0.4 is 0 Å². The molecule has 5 heteroatoms. The van der Waals surface area contributed by atoms with E-state index in [1.165, 1.54) is 0 Å². The maximum atomic E-state index is 12.1. The molecule has 0 aromatic carbocycles. The number of hydrogen-bond acceptors (Lipinski definition) is 4. The van der Waals surface area contributed by atoms with Crippen molar-refractivity contribution in [2.75, 3.05) is 33.4 Å². The molecular formula is C15H28N2O3. The zero-order chi connectivity index (χ0) is 14.8. The van der Waals surface area contributed by atoms with Crippen LogP contribution in [-0.2, 0) is 9.47 Å². The fourth-order valence-electron chi connectivity index (χ4n) is 2.95. The highest BCUT2D eigenvalue weighted by atomic mass is 16.6. The molecule has 0 radical (unpaired) electrons. The third kappa shape index (κ3) is 4.09. The lowest BCUT2D eigenvalue weighted by Crippen LogP contribution is -2.44. The summed E-state index contributed by atoms with van der Waals surface area (Å²) >= 11 is 0. The molecule has 2 aliphatic rings. The second kappa shape index (κ2) is 6.31. The van der Waals surface area contributed by atoms with E-state index in [-0.39, 0.29) is 12.1 Å². The fourth-order valence-corrected chi connectivity index (χ4v) is 2.95. The van der Waals surface area contributed by atoms with Crippen LogP contribution in [0, 0.1) is 0 Å². The number of likely N-dealkylation sites (N-methyl/N-ethyl adjacent to an activating group) is 1. The molecule has 1 atom stereocenters. The van der Waals surface area contributed by atoms with Gasteiger partial charge in [0.2, 0.25) is 0 Å². The molecule has 0 aliphatic carbocycles. The van der Waals surface area contributed by atoms with Gasteiger partial charge in [-0.3, -0.25) is 4.90 Å². The second-order valence-electron chi connectivity index (χ2n) is 6.87. The Hall–Kier alpha value is -0.810. The summed E-state index contributed by atoms with van der Waals surface area (Å²) < 4.78 is 10.9. The Kier molecular flexibility index (Phi) is 4.91. The maximum Gasteiger partial charge on any atom is 0.410 e. The molecule has 5 nitrogen and oxygen atoms in total. The molecule has 0 saturated carbocycles. The number of rotatable bonds is 2. The van der Waals surface area contributed by atoms with Gasteiger partial charge >= 0.3 is 6.09 Å². The van der Waals surface area contributed by atoms with Crippen LogP contribution in [0.4, 0.5) is 4.79 Å². The van der Waals surface area contributed by atoms with Gasteiger partial charge in [0.05, 0.1) is 0 Å². The fraction of sp³-hybridized carbons (Fsp3) is 0.933. The second-order valence-corrected chi connectivity index (χ2v) is 6.87. The van der Waals surface area contributed by atoms with Crippen LogP contribution in [0.15, 0.2) is 0 Å². The number of carbonyl (C=O) groups excluding carboxylic acids is 1. The Bertz CT molecular complexity index is 335. The van der Waals surface area contributed by atoms with Gasteiger partial charge in [-0.2, -0.15) is 0 Å². The van der Waals surface area contributed by atoms with Crippen molar-refractivity contribution in [2.24, 2.45) is 0 Å². The molecule has 2 fully saturated rings. The van der Waals surface area contributed by atoms with Crippen LogP contribution in [-0.4, -0.2) is 66.9 Å². The SMILES string of the molecule is CN(C(=O)OC(C)(C)C)C1CCN(C2CCOCC2)C1. The molecule has 0 aromatic rings. The number of hydrogen-bond donors (Lipinski definition) is 0.